The van der Waals surface area contributed by atoms with E-state index in [1.807, 2.05) is 32.9 Å². The van der Waals surface area contributed by atoms with Crippen molar-refractivity contribution < 1.29 is 13.2 Å². The van der Waals surface area contributed by atoms with E-state index in [1.165, 1.54) is 10.4 Å². The van der Waals surface area contributed by atoms with Crippen LogP contribution >= 0.6 is 23.2 Å². The van der Waals surface area contributed by atoms with Crippen LogP contribution in [0.25, 0.3) is 0 Å². The summed E-state index contributed by atoms with van der Waals surface area (Å²) in [7, 11) is -3.61. The number of halogens is 2. The molecule has 2 aromatic rings. The molecule has 0 bridgehead atoms. The van der Waals surface area contributed by atoms with E-state index >= 15 is 0 Å². The summed E-state index contributed by atoms with van der Waals surface area (Å²) in [5, 5.41) is 3.79. The predicted molar refractivity (Wildman–Crippen MR) is 123 cm³/mol. The van der Waals surface area contributed by atoms with Gasteiger partial charge in [0.05, 0.1) is 11.7 Å². The first-order valence-electron chi connectivity index (χ1n) is 9.87. The second kappa shape index (κ2) is 9.27. The summed E-state index contributed by atoms with van der Waals surface area (Å²) in [4.78, 5) is 12.9. The highest BCUT2D eigenvalue weighted by atomic mass is 35.5. The number of hydrogen-bond acceptors (Lipinski definition) is 3. The largest absolute Gasteiger partial charge is 0.325 e. The zero-order valence-corrected chi connectivity index (χ0v) is 19.7. The van der Waals surface area contributed by atoms with Crippen LogP contribution in [-0.2, 0) is 20.6 Å². The number of hydrogen-bond donors (Lipinski definition) is 1. The molecular formula is C22H26Cl2N2O3S. The number of benzene rings is 2. The molecule has 1 amide bonds. The molecule has 2 aromatic carbocycles. The standard InChI is InChI=1S/C22H26Cl2N2O3S/c1-14-9-15(2)21(16(3)10-14)25-22(27)17-5-4-8-26(12-17)30(28,29)13-18-6-7-19(23)11-20(18)24/h6-7,9-11,17H,4-5,8,12-13H2,1-3H3,(H,25,27)/t17-/m1/s1. The van der Waals surface area contributed by atoms with Crippen LogP contribution in [0.2, 0.25) is 10.0 Å². The number of nitrogens with zero attached hydrogens (tertiary/aromatic N) is 1. The molecule has 1 saturated heterocycles. The van der Waals surface area contributed by atoms with Crippen molar-refractivity contribution in [3.05, 3.63) is 62.6 Å². The average molecular weight is 469 g/mol. The fourth-order valence-electron chi connectivity index (χ4n) is 3.94. The Bertz CT molecular complexity index is 1050. The third-order valence-electron chi connectivity index (χ3n) is 5.43. The Morgan fingerprint density at radius 2 is 1.80 bits per heavy atom. The van der Waals surface area contributed by atoms with Gasteiger partial charge in [0.1, 0.15) is 0 Å². The third-order valence-corrected chi connectivity index (χ3v) is 7.81. The number of nitrogens with one attached hydrogen (secondary N) is 1. The first-order valence-corrected chi connectivity index (χ1v) is 12.2. The summed E-state index contributed by atoms with van der Waals surface area (Å²) < 4.78 is 27.3. The molecule has 1 fully saturated rings. The van der Waals surface area contributed by atoms with Gasteiger partial charge in [-0.3, -0.25) is 4.79 Å². The van der Waals surface area contributed by atoms with E-state index in [-0.39, 0.29) is 18.2 Å². The highest BCUT2D eigenvalue weighted by Crippen LogP contribution is 2.28. The van der Waals surface area contributed by atoms with Crippen LogP contribution in [0.4, 0.5) is 5.69 Å². The minimum absolute atomic E-state index is 0.144. The van der Waals surface area contributed by atoms with E-state index in [0.717, 1.165) is 22.4 Å². The maximum atomic E-state index is 13.0. The molecule has 0 radical (unpaired) electrons. The lowest BCUT2D eigenvalue weighted by Crippen LogP contribution is -2.44. The molecule has 0 aromatic heterocycles. The molecule has 0 spiro atoms. The van der Waals surface area contributed by atoms with E-state index in [4.69, 9.17) is 23.2 Å². The summed E-state index contributed by atoms with van der Waals surface area (Å²) >= 11 is 12.1. The third kappa shape index (κ3) is 5.35. The Hall–Kier alpha value is -1.60. The summed E-state index contributed by atoms with van der Waals surface area (Å²) in [6, 6.07) is 8.83. The van der Waals surface area contributed by atoms with E-state index in [9.17, 15) is 13.2 Å². The van der Waals surface area contributed by atoms with Gasteiger partial charge in [0.2, 0.25) is 15.9 Å². The van der Waals surface area contributed by atoms with E-state index in [0.29, 0.717) is 35.0 Å². The Morgan fingerprint density at radius 3 is 2.43 bits per heavy atom. The fourth-order valence-corrected chi connectivity index (χ4v) is 6.13. The lowest BCUT2D eigenvalue weighted by Gasteiger charge is -2.31. The first kappa shape index (κ1) is 23.1. The van der Waals surface area contributed by atoms with Crippen molar-refractivity contribution in [1.82, 2.24) is 4.31 Å². The van der Waals surface area contributed by atoms with Crippen molar-refractivity contribution in [2.75, 3.05) is 18.4 Å². The van der Waals surface area contributed by atoms with Crippen molar-refractivity contribution in [2.24, 2.45) is 5.92 Å². The molecule has 0 unspecified atom stereocenters. The predicted octanol–water partition coefficient (Wildman–Crippen LogP) is 5.10. The summed E-state index contributed by atoms with van der Waals surface area (Å²) in [5.74, 6) is -0.753. The van der Waals surface area contributed by atoms with Gasteiger partial charge in [-0.1, -0.05) is 47.0 Å². The van der Waals surface area contributed by atoms with E-state index in [1.54, 1.807) is 12.1 Å². The monoisotopic (exact) mass is 468 g/mol. The summed E-state index contributed by atoms with van der Waals surface area (Å²) in [6.07, 6.45) is 1.29. The molecule has 162 valence electrons. The molecule has 3 rings (SSSR count). The Labute approximate surface area is 188 Å². The van der Waals surface area contributed by atoms with Crippen LogP contribution in [0.3, 0.4) is 0 Å². The number of carbonyl (C=O) groups excluding carboxylic acids is 1. The number of rotatable bonds is 5. The SMILES string of the molecule is Cc1cc(C)c(NC(=O)[C@@H]2CCCN(S(=O)(=O)Cc3ccc(Cl)cc3Cl)C2)c(C)c1. The molecule has 8 heteroatoms. The number of aryl methyl sites for hydroxylation is 3. The van der Waals surface area contributed by atoms with Crippen molar-refractivity contribution in [3.63, 3.8) is 0 Å². The molecule has 1 atom stereocenters. The molecule has 0 aliphatic carbocycles. The maximum absolute atomic E-state index is 13.0. The van der Waals surface area contributed by atoms with Gasteiger partial charge in [-0.05, 0) is 62.4 Å². The second-order valence-corrected chi connectivity index (χ2v) is 10.8. The van der Waals surface area contributed by atoms with Crippen LogP contribution < -0.4 is 5.32 Å². The number of sulfonamides is 1. The van der Waals surface area contributed by atoms with Gasteiger partial charge in [0, 0.05) is 28.8 Å². The van der Waals surface area contributed by atoms with Crippen LogP contribution in [0.5, 0.6) is 0 Å². The lowest BCUT2D eigenvalue weighted by molar-refractivity contribution is -0.120. The second-order valence-electron chi connectivity index (χ2n) is 7.95. The highest BCUT2D eigenvalue weighted by Gasteiger charge is 2.33. The minimum atomic E-state index is -3.61. The zero-order chi connectivity index (χ0) is 22.1. The van der Waals surface area contributed by atoms with Gasteiger partial charge in [0.25, 0.3) is 0 Å². The van der Waals surface area contributed by atoms with Crippen LogP contribution in [0.1, 0.15) is 35.1 Å². The van der Waals surface area contributed by atoms with Crippen LogP contribution in [0.15, 0.2) is 30.3 Å². The topological polar surface area (TPSA) is 66.5 Å². The summed E-state index contributed by atoms with van der Waals surface area (Å²) in [5.41, 5.74) is 4.44. The number of anilines is 1. The van der Waals surface area contributed by atoms with Gasteiger partial charge in [0.15, 0.2) is 0 Å². The molecule has 1 aliphatic rings. The average Bonchev–Trinajstić information content (AvgIpc) is 2.67. The van der Waals surface area contributed by atoms with Crippen LogP contribution in [0, 0.1) is 26.7 Å². The van der Waals surface area contributed by atoms with Crippen LogP contribution in [-0.4, -0.2) is 31.7 Å². The normalized spacial score (nSPS) is 17.7. The zero-order valence-electron chi connectivity index (χ0n) is 17.3. The molecule has 1 N–H and O–H groups in total. The van der Waals surface area contributed by atoms with E-state index in [2.05, 4.69) is 5.32 Å². The van der Waals surface area contributed by atoms with Crippen molar-refractivity contribution in [2.45, 2.75) is 39.4 Å². The first-order chi connectivity index (χ1) is 14.1. The van der Waals surface area contributed by atoms with Gasteiger partial charge in [-0.2, -0.15) is 0 Å². The molecule has 0 saturated carbocycles. The molecular weight excluding hydrogens is 443 g/mol. The van der Waals surface area contributed by atoms with Crippen molar-refractivity contribution >= 4 is 44.8 Å². The quantitative estimate of drug-likeness (QED) is 0.663. The van der Waals surface area contributed by atoms with Gasteiger partial charge in [-0.25, -0.2) is 12.7 Å². The minimum Gasteiger partial charge on any atom is -0.325 e. The number of carbonyl (C=O) groups is 1. The van der Waals surface area contributed by atoms with Crippen molar-refractivity contribution in [3.8, 4) is 0 Å². The Kier molecular flexibility index (Phi) is 7.13. The Morgan fingerprint density at radius 1 is 1.13 bits per heavy atom. The maximum Gasteiger partial charge on any atom is 0.228 e. The van der Waals surface area contributed by atoms with E-state index < -0.39 is 15.9 Å². The van der Waals surface area contributed by atoms with Gasteiger partial charge < -0.3 is 5.32 Å². The molecule has 1 aliphatic heterocycles. The lowest BCUT2D eigenvalue weighted by atomic mass is 9.98. The van der Waals surface area contributed by atoms with Crippen molar-refractivity contribution in [1.29, 1.82) is 0 Å². The summed E-state index contributed by atoms with van der Waals surface area (Å²) in [6.45, 7) is 6.51. The van der Waals surface area contributed by atoms with Gasteiger partial charge >= 0.3 is 0 Å². The molecule has 5 nitrogen and oxygen atoms in total. The number of amides is 1. The van der Waals surface area contributed by atoms with Gasteiger partial charge in [-0.15, -0.1) is 0 Å². The molecule has 30 heavy (non-hydrogen) atoms. The fraction of sp³-hybridized carbons (Fsp3) is 0.409. The Balaban J connectivity index is 1.72. The number of piperidine rings is 1. The smallest absolute Gasteiger partial charge is 0.228 e. The molecule has 1 heterocycles. The highest BCUT2D eigenvalue weighted by molar-refractivity contribution is 7.88.